The highest BCUT2D eigenvalue weighted by atomic mass is 19.4. The van der Waals surface area contributed by atoms with Gasteiger partial charge in [-0.15, -0.1) is 0 Å². The molecule has 2 fully saturated rings. The van der Waals surface area contributed by atoms with Gasteiger partial charge in [-0.05, 0) is 36.8 Å². The summed E-state index contributed by atoms with van der Waals surface area (Å²) in [4.78, 5) is 24.1. The lowest BCUT2D eigenvalue weighted by atomic mass is 9.96. The highest BCUT2D eigenvalue weighted by Gasteiger charge is 2.49. The number of amides is 2. The van der Waals surface area contributed by atoms with Crippen LogP contribution < -0.4 is 11.1 Å². The van der Waals surface area contributed by atoms with Crippen LogP contribution in [-0.4, -0.2) is 17.4 Å². The maximum absolute atomic E-state index is 12.8. The molecule has 0 heterocycles. The van der Waals surface area contributed by atoms with Gasteiger partial charge in [0.2, 0.25) is 11.8 Å². The van der Waals surface area contributed by atoms with Gasteiger partial charge in [0, 0.05) is 5.92 Å². The van der Waals surface area contributed by atoms with Crippen LogP contribution in [0.15, 0.2) is 24.3 Å². The Hall–Kier alpha value is -2.05. The topological polar surface area (TPSA) is 72.2 Å². The molecule has 2 aliphatic rings. The van der Waals surface area contributed by atoms with Gasteiger partial charge in [-0.25, -0.2) is 0 Å². The molecule has 130 valence electrons. The molecule has 0 radical (unpaired) electrons. The maximum atomic E-state index is 12.8. The molecule has 3 N–H and O–H groups in total. The van der Waals surface area contributed by atoms with Gasteiger partial charge in [0.25, 0.3) is 0 Å². The molecule has 2 aliphatic carbocycles. The average molecular weight is 340 g/mol. The Morgan fingerprint density at radius 1 is 1.21 bits per heavy atom. The third-order valence-electron chi connectivity index (χ3n) is 5.06. The van der Waals surface area contributed by atoms with Gasteiger partial charge < -0.3 is 11.1 Å². The van der Waals surface area contributed by atoms with Crippen molar-refractivity contribution in [3.8, 4) is 0 Å². The van der Waals surface area contributed by atoms with E-state index in [1.165, 1.54) is 6.07 Å². The zero-order valence-electron chi connectivity index (χ0n) is 13.0. The van der Waals surface area contributed by atoms with Crippen LogP contribution in [0.2, 0.25) is 0 Å². The fourth-order valence-electron chi connectivity index (χ4n) is 3.54. The van der Waals surface area contributed by atoms with E-state index in [1.54, 1.807) is 6.07 Å². The number of nitrogens with one attached hydrogen (secondary N) is 1. The number of benzene rings is 1. The predicted molar refractivity (Wildman–Crippen MR) is 80.8 cm³/mol. The summed E-state index contributed by atoms with van der Waals surface area (Å²) >= 11 is 0. The molecule has 1 aromatic rings. The Kier molecular flexibility index (Phi) is 4.05. The highest BCUT2D eigenvalue weighted by Crippen LogP contribution is 2.49. The molecule has 1 aromatic carbocycles. The van der Waals surface area contributed by atoms with Gasteiger partial charge in [0.15, 0.2) is 0 Å². The van der Waals surface area contributed by atoms with Crippen LogP contribution in [0.25, 0.3) is 0 Å². The van der Waals surface area contributed by atoms with Crippen molar-refractivity contribution in [3.05, 3.63) is 35.4 Å². The van der Waals surface area contributed by atoms with E-state index in [0.717, 1.165) is 25.0 Å². The van der Waals surface area contributed by atoms with Crippen LogP contribution in [0.3, 0.4) is 0 Å². The van der Waals surface area contributed by atoms with Crippen molar-refractivity contribution in [3.63, 3.8) is 0 Å². The molecule has 2 saturated carbocycles. The van der Waals surface area contributed by atoms with Gasteiger partial charge >= 0.3 is 6.18 Å². The number of alkyl halides is 3. The second kappa shape index (κ2) is 5.79. The Morgan fingerprint density at radius 3 is 2.46 bits per heavy atom. The molecule has 24 heavy (non-hydrogen) atoms. The van der Waals surface area contributed by atoms with Crippen molar-refractivity contribution in [2.24, 2.45) is 11.7 Å². The van der Waals surface area contributed by atoms with Crippen LogP contribution in [0.5, 0.6) is 0 Å². The van der Waals surface area contributed by atoms with E-state index in [9.17, 15) is 22.8 Å². The minimum Gasteiger partial charge on any atom is -0.368 e. The molecular formula is C17H19F3N2O2. The molecule has 4 nitrogen and oxygen atoms in total. The lowest BCUT2D eigenvalue weighted by molar-refractivity contribution is -0.137. The van der Waals surface area contributed by atoms with Crippen LogP contribution in [0.4, 0.5) is 13.2 Å². The largest absolute Gasteiger partial charge is 0.416 e. The van der Waals surface area contributed by atoms with Crippen LogP contribution >= 0.6 is 0 Å². The van der Waals surface area contributed by atoms with Gasteiger partial charge in [-0.1, -0.05) is 31.0 Å². The number of hydrogen-bond donors (Lipinski definition) is 2. The second-order valence-corrected chi connectivity index (χ2v) is 6.71. The van der Waals surface area contributed by atoms with Crippen molar-refractivity contribution in [1.29, 1.82) is 0 Å². The summed E-state index contributed by atoms with van der Waals surface area (Å²) in [6, 6.07) is 5.07. The highest BCUT2D eigenvalue weighted by molar-refractivity contribution is 5.92. The lowest BCUT2D eigenvalue weighted by Gasteiger charge is -2.26. The Labute approximate surface area is 137 Å². The van der Waals surface area contributed by atoms with Crippen LogP contribution in [0.1, 0.15) is 49.1 Å². The zero-order valence-corrected chi connectivity index (χ0v) is 13.0. The molecule has 0 bridgehead atoms. The Balaban J connectivity index is 1.69. The summed E-state index contributed by atoms with van der Waals surface area (Å²) < 4.78 is 38.4. The average Bonchev–Trinajstić information content (AvgIpc) is 3.19. The minimum absolute atomic E-state index is 0.237. The summed E-state index contributed by atoms with van der Waals surface area (Å²) in [5, 5.41) is 2.76. The normalized spacial score (nSPS) is 25.3. The third-order valence-corrected chi connectivity index (χ3v) is 5.06. The first-order valence-corrected chi connectivity index (χ1v) is 8.02. The van der Waals surface area contributed by atoms with Crippen molar-refractivity contribution in [1.82, 2.24) is 5.32 Å². The van der Waals surface area contributed by atoms with E-state index >= 15 is 0 Å². The summed E-state index contributed by atoms with van der Waals surface area (Å²) in [5.74, 6) is -1.47. The smallest absolute Gasteiger partial charge is 0.368 e. The summed E-state index contributed by atoms with van der Waals surface area (Å²) in [5.41, 5.74) is 4.24. The van der Waals surface area contributed by atoms with Gasteiger partial charge in [-0.2, -0.15) is 13.2 Å². The molecule has 3 rings (SSSR count). The number of rotatable bonds is 4. The standard InChI is InChI=1S/C17H19F3N2O2/c18-17(19,20)11-5-3-4-10(8-11)12-9-13(12)14(23)22-16(15(21)24)6-1-2-7-16/h3-5,8,12-13H,1-2,6-7,9H2,(H2,21,24)(H,22,23). The fourth-order valence-corrected chi connectivity index (χ4v) is 3.54. The Morgan fingerprint density at radius 2 is 1.88 bits per heavy atom. The molecule has 2 amide bonds. The zero-order chi connectivity index (χ0) is 17.5. The summed E-state index contributed by atoms with van der Waals surface area (Å²) in [7, 11) is 0. The maximum Gasteiger partial charge on any atom is 0.416 e. The fraction of sp³-hybridized carbons (Fsp3) is 0.529. The number of nitrogens with two attached hydrogens (primary N) is 1. The SMILES string of the molecule is NC(=O)C1(NC(=O)C2CC2c2cccc(C(F)(F)F)c2)CCCC1. The first-order valence-electron chi connectivity index (χ1n) is 8.02. The van der Waals surface area contributed by atoms with Crippen molar-refractivity contribution in [2.45, 2.75) is 49.7 Å². The minimum atomic E-state index is -4.40. The molecule has 0 aromatic heterocycles. The molecular weight excluding hydrogens is 321 g/mol. The van der Waals surface area contributed by atoms with Crippen molar-refractivity contribution >= 4 is 11.8 Å². The predicted octanol–water partition coefficient (Wildman–Crippen LogP) is 2.72. The summed E-state index contributed by atoms with van der Waals surface area (Å²) in [6.07, 6.45) is -1.22. The van der Waals surface area contributed by atoms with Crippen LogP contribution in [-0.2, 0) is 15.8 Å². The first-order chi connectivity index (χ1) is 11.2. The molecule has 0 spiro atoms. The van der Waals surface area contributed by atoms with E-state index in [1.807, 2.05) is 0 Å². The van der Waals surface area contributed by atoms with E-state index in [2.05, 4.69) is 5.32 Å². The number of halogens is 3. The van der Waals surface area contributed by atoms with Crippen molar-refractivity contribution < 1.29 is 22.8 Å². The number of hydrogen-bond acceptors (Lipinski definition) is 2. The van der Waals surface area contributed by atoms with E-state index in [0.29, 0.717) is 24.8 Å². The number of primary amides is 1. The third kappa shape index (κ3) is 3.12. The van der Waals surface area contributed by atoms with Gasteiger partial charge in [-0.3, -0.25) is 9.59 Å². The number of carbonyl (C=O) groups is 2. The summed E-state index contributed by atoms with van der Waals surface area (Å²) in [6.45, 7) is 0. The van der Waals surface area contributed by atoms with Crippen LogP contribution in [0, 0.1) is 5.92 Å². The molecule has 0 aliphatic heterocycles. The van der Waals surface area contributed by atoms with Gasteiger partial charge in [0.05, 0.1) is 5.56 Å². The van der Waals surface area contributed by atoms with E-state index < -0.39 is 29.1 Å². The first kappa shape index (κ1) is 16.8. The molecule has 7 heteroatoms. The molecule has 2 atom stereocenters. The monoisotopic (exact) mass is 340 g/mol. The molecule has 2 unspecified atom stereocenters. The van der Waals surface area contributed by atoms with Gasteiger partial charge in [0.1, 0.15) is 5.54 Å². The van der Waals surface area contributed by atoms with E-state index in [-0.39, 0.29) is 11.8 Å². The Bertz CT molecular complexity index is 666. The second-order valence-electron chi connectivity index (χ2n) is 6.71. The van der Waals surface area contributed by atoms with E-state index in [4.69, 9.17) is 5.73 Å². The molecule has 0 saturated heterocycles. The number of carbonyl (C=O) groups excluding carboxylic acids is 2. The quantitative estimate of drug-likeness (QED) is 0.885. The van der Waals surface area contributed by atoms with Crippen molar-refractivity contribution in [2.75, 3.05) is 0 Å². The lowest BCUT2D eigenvalue weighted by Crippen LogP contribution is -2.56.